The van der Waals surface area contributed by atoms with Gasteiger partial charge in [-0.15, -0.1) is 0 Å². The first-order valence-electron chi connectivity index (χ1n) is 6.93. The fourth-order valence-corrected chi connectivity index (χ4v) is 2.86. The van der Waals surface area contributed by atoms with Gasteiger partial charge in [-0.1, -0.05) is 22.0 Å². The maximum atomic E-state index is 12.2. The van der Waals surface area contributed by atoms with E-state index >= 15 is 0 Å². The molecule has 0 unspecified atom stereocenters. The van der Waals surface area contributed by atoms with E-state index in [1.165, 1.54) is 0 Å². The Bertz CT molecular complexity index is 611. The van der Waals surface area contributed by atoms with Crippen LogP contribution in [0, 0.1) is 0 Å². The normalized spacial score (nSPS) is 12.8. The van der Waals surface area contributed by atoms with E-state index in [0.29, 0.717) is 15.7 Å². The number of fused-ring (bicyclic) bond motifs is 1. The lowest BCUT2D eigenvalue weighted by molar-refractivity contribution is -0.157. The van der Waals surface area contributed by atoms with Crippen molar-refractivity contribution in [2.45, 2.75) is 26.2 Å². The summed E-state index contributed by atoms with van der Waals surface area (Å²) >= 11 is 3.34. The molecule has 1 aliphatic rings. The number of carbonyl (C=O) groups is 3. The Morgan fingerprint density at radius 3 is 2.36 bits per heavy atom. The second-order valence-electron chi connectivity index (χ2n) is 4.69. The SMILES string of the molecule is CCOC(=O)C(C(=O)OCC)c1cc2c(cc1Br)NC(=O)C2. The van der Waals surface area contributed by atoms with Gasteiger partial charge in [-0.3, -0.25) is 14.4 Å². The third-order valence-electron chi connectivity index (χ3n) is 3.20. The van der Waals surface area contributed by atoms with Gasteiger partial charge in [0.05, 0.1) is 19.6 Å². The Balaban J connectivity index is 2.43. The zero-order valence-electron chi connectivity index (χ0n) is 12.3. The third kappa shape index (κ3) is 3.30. The van der Waals surface area contributed by atoms with Crippen LogP contribution in [0.3, 0.4) is 0 Å². The monoisotopic (exact) mass is 369 g/mol. The summed E-state index contributed by atoms with van der Waals surface area (Å²) in [4.78, 5) is 35.8. The van der Waals surface area contributed by atoms with E-state index in [4.69, 9.17) is 9.47 Å². The number of amides is 1. The van der Waals surface area contributed by atoms with Gasteiger partial charge in [-0.25, -0.2) is 0 Å². The average molecular weight is 370 g/mol. The average Bonchev–Trinajstić information content (AvgIpc) is 2.79. The molecule has 22 heavy (non-hydrogen) atoms. The van der Waals surface area contributed by atoms with Gasteiger partial charge in [0.1, 0.15) is 0 Å². The Kier molecular flexibility index (Phi) is 5.18. The van der Waals surface area contributed by atoms with Crippen molar-refractivity contribution in [3.8, 4) is 0 Å². The number of anilines is 1. The van der Waals surface area contributed by atoms with Gasteiger partial charge in [0.2, 0.25) is 5.91 Å². The van der Waals surface area contributed by atoms with Crippen molar-refractivity contribution in [1.29, 1.82) is 0 Å². The summed E-state index contributed by atoms with van der Waals surface area (Å²) in [5.74, 6) is -2.63. The first-order chi connectivity index (χ1) is 10.5. The van der Waals surface area contributed by atoms with E-state index in [1.807, 2.05) is 0 Å². The molecule has 1 N–H and O–H groups in total. The van der Waals surface area contributed by atoms with Gasteiger partial charge in [0, 0.05) is 10.2 Å². The highest BCUT2D eigenvalue weighted by Crippen LogP contribution is 2.35. The van der Waals surface area contributed by atoms with Crippen LogP contribution in [-0.2, 0) is 30.3 Å². The highest BCUT2D eigenvalue weighted by Gasteiger charge is 2.34. The van der Waals surface area contributed by atoms with Gasteiger partial charge < -0.3 is 14.8 Å². The van der Waals surface area contributed by atoms with E-state index in [1.54, 1.807) is 26.0 Å². The number of esters is 2. The highest BCUT2D eigenvalue weighted by atomic mass is 79.9. The minimum Gasteiger partial charge on any atom is -0.465 e. The lowest BCUT2D eigenvalue weighted by Crippen LogP contribution is -2.26. The number of hydrogen-bond acceptors (Lipinski definition) is 5. The quantitative estimate of drug-likeness (QED) is 0.635. The third-order valence-corrected chi connectivity index (χ3v) is 3.89. The molecular weight excluding hydrogens is 354 g/mol. The van der Waals surface area contributed by atoms with Gasteiger partial charge in [0.15, 0.2) is 5.92 Å². The number of halogens is 1. The van der Waals surface area contributed by atoms with Crippen molar-refractivity contribution in [3.63, 3.8) is 0 Å². The van der Waals surface area contributed by atoms with Crippen molar-refractivity contribution in [2.24, 2.45) is 0 Å². The van der Waals surface area contributed by atoms with Crippen molar-refractivity contribution in [2.75, 3.05) is 18.5 Å². The van der Waals surface area contributed by atoms with Crippen molar-refractivity contribution < 1.29 is 23.9 Å². The fraction of sp³-hybridized carbons (Fsp3) is 0.400. The predicted molar refractivity (Wildman–Crippen MR) is 82.5 cm³/mol. The Hall–Kier alpha value is -1.89. The molecule has 0 saturated heterocycles. The zero-order valence-corrected chi connectivity index (χ0v) is 13.9. The lowest BCUT2D eigenvalue weighted by atomic mass is 9.96. The molecule has 1 aromatic carbocycles. The predicted octanol–water partition coefficient (Wildman–Crippen LogP) is 2.15. The van der Waals surface area contributed by atoms with Crippen LogP contribution in [0.1, 0.15) is 30.9 Å². The molecule has 0 fully saturated rings. The van der Waals surface area contributed by atoms with Crippen LogP contribution in [-0.4, -0.2) is 31.1 Å². The fourth-order valence-electron chi connectivity index (χ4n) is 2.29. The van der Waals surface area contributed by atoms with E-state index < -0.39 is 17.9 Å². The number of hydrogen-bond donors (Lipinski definition) is 1. The summed E-state index contributed by atoms with van der Waals surface area (Å²) in [5.41, 5.74) is 1.85. The first-order valence-corrected chi connectivity index (χ1v) is 7.72. The maximum absolute atomic E-state index is 12.2. The molecule has 1 amide bonds. The Morgan fingerprint density at radius 2 is 1.82 bits per heavy atom. The van der Waals surface area contributed by atoms with Crippen LogP contribution in [0.5, 0.6) is 0 Å². The van der Waals surface area contributed by atoms with Crippen LogP contribution >= 0.6 is 15.9 Å². The Morgan fingerprint density at radius 1 is 1.23 bits per heavy atom. The number of ether oxygens (including phenoxy) is 2. The van der Waals surface area contributed by atoms with Crippen molar-refractivity contribution in [1.82, 2.24) is 0 Å². The van der Waals surface area contributed by atoms with Gasteiger partial charge >= 0.3 is 11.9 Å². The number of rotatable bonds is 5. The second-order valence-corrected chi connectivity index (χ2v) is 5.55. The molecule has 0 aromatic heterocycles. The minimum atomic E-state index is -1.17. The van der Waals surface area contributed by atoms with Gasteiger partial charge in [-0.05, 0) is 31.0 Å². The molecule has 1 aromatic rings. The van der Waals surface area contributed by atoms with E-state index in [2.05, 4.69) is 21.2 Å². The lowest BCUT2D eigenvalue weighted by Gasteiger charge is -2.17. The molecule has 7 heteroatoms. The number of carbonyl (C=O) groups excluding carboxylic acids is 3. The van der Waals surface area contributed by atoms with E-state index in [-0.39, 0.29) is 25.5 Å². The summed E-state index contributed by atoms with van der Waals surface area (Å²) in [6.45, 7) is 3.66. The smallest absolute Gasteiger partial charge is 0.324 e. The first kappa shape index (κ1) is 16.5. The van der Waals surface area contributed by atoms with Crippen LogP contribution in [0.15, 0.2) is 16.6 Å². The maximum Gasteiger partial charge on any atom is 0.324 e. The van der Waals surface area contributed by atoms with Crippen molar-refractivity contribution in [3.05, 3.63) is 27.7 Å². The summed E-state index contributed by atoms with van der Waals surface area (Å²) < 4.78 is 10.5. The molecule has 0 bridgehead atoms. The molecule has 6 nitrogen and oxygen atoms in total. The minimum absolute atomic E-state index is 0.122. The van der Waals surface area contributed by atoms with Crippen molar-refractivity contribution >= 4 is 39.5 Å². The standard InChI is InChI=1S/C15H16BrNO5/c1-3-21-14(19)13(15(20)22-4-2)9-5-8-6-12(18)17-11(8)7-10(9)16/h5,7,13H,3-4,6H2,1-2H3,(H,17,18). The second kappa shape index (κ2) is 6.91. The molecule has 2 rings (SSSR count). The summed E-state index contributed by atoms with van der Waals surface area (Å²) in [7, 11) is 0. The molecule has 0 radical (unpaired) electrons. The number of nitrogens with one attached hydrogen (secondary N) is 1. The van der Waals surface area contributed by atoms with E-state index in [0.717, 1.165) is 5.56 Å². The summed E-state index contributed by atoms with van der Waals surface area (Å²) in [5, 5.41) is 2.71. The van der Waals surface area contributed by atoms with Crippen LogP contribution in [0.2, 0.25) is 0 Å². The van der Waals surface area contributed by atoms with Crippen LogP contribution in [0.4, 0.5) is 5.69 Å². The summed E-state index contributed by atoms with van der Waals surface area (Å²) in [6, 6.07) is 3.34. The van der Waals surface area contributed by atoms with Gasteiger partial charge in [-0.2, -0.15) is 0 Å². The topological polar surface area (TPSA) is 81.7 Å². The zero-order chi connectivity index (χ0) is 16.3. The molecule has 0 atom stereocenters. The molecule has 1 aliphatic heterocycles. The number of benzene rings is 1. The van der Waals surface area contributed by atoms with Crippen LogP contribution in [0.25, 0.3) is 0 Å². The molecular formula is C15H16BrNO5. The molecule has 0 spiro atoms. The highest BCUT2D eigenvalue weighted by molar-refractivity contribution is 9.10. The van der Waals surface area contributed by atoms with Gasteiger partial charge in [0.25, 0.3) is 0 Å². The largest absolute Gasteiger partial charge is 0.465 e. The molecule has 118 valence electrons. The van der Waals surface area contributed by atoms with Crippen LogP contribution < -0.4 is 5.32 Å². The molecule has 1 heterocycles. The Labute approximate surface area is 136 Å². The molecule has 0 saturated carbocycles. The van der Waals surface area contributed by atoms with E-state index in [9.17, 15) is 14.4 Å². The summed E-state index contributed by atoms with van der Waals surface area (Å²) in [6.07, 6.45) is 0.216. The molecule has 0 aliphatic carbocycles.